The van der Waals surface area contributed by atoms with Crippen LogP contribution in [0.4, 0.5) is 0 Å². The topological polar surface area (TPSA) is 76.4 Å². The number of nitrogens with zero attached hydrogens (tertiary/aromatic N) is 2. The lowest BCUT2D eigenvalue weighted by Crippen LogP contribution is -2.44. The summed E-state index contributed by atoms with van der Waals surface area (Å²) in [5, 5.41) is 3.07. The lowest BCUT2D eigenvalue weighted by Gasteiger charge is -2.20. The number of halogens is 1. The highest BCUT2D eigenvalue weighted by molar-refractivity contribution is 14.0. The van der Waals surface area contributed by atoms with Crippen molar-refractivity contribution in [3.8, 4) is 0 Å². The lowest BCUT2D eigenvalue weighted by atomic mass is 10.1. The molecule has 0 fully saturated rings. The van der Waals surface area contributed by atoms with Gasteiger partial charge >= 0.3 is 0 Å². The van der Waals surface area contributed by atoms with Gasteiger partial charge in [-0.25, -0.2) is 9.98 Å². The molecule has 0 atom stereocenters. The summed E-state index contributed by atoms with van der Waals surface area (Å²) in [7, 11) is 0. The maximum absolute atomic E-state index is 5.72. The fourth-order valence-corrected chi connectivity index (χ4v) is 1.18. The zero-order valence-electron chi connectivity index (χ0n) is 11.0. The van der Waals surface area contributed by atoms with Crippen molar-refractivity contribution < 1.29 is 4.42 Å². The molecule has 6 heteroatoms. The number of hydrogen-bond donors (Lipinski definition) is 2. The molecule has 0 bridgehead atoms. The molecule has 0 aliphatic heterocycles. The van der Waals surface area contributed by atoms with E-state index in [9.17, 15) is 0 Å². The highest BCUT2D eigenvalue weighted by atomic mass is 127. The Morgan fingerprint density at radius 2 is 2.00 bits per heavy atom. The summed E-state index contributed by atoms with van der Waals surface area (Å²) in [6.45, 7) is 10.2. The zero-order chi connectivity index (χ0) is 12.3. The summed E-state index contributed by atoms with van der Waals surface area (Å²) in [4.78, 5) is 8.38. The first-order valence-electron chi connectivity index (χ1n) is 5.29. The molecule has 3 N–H and O–H groups in total. The number of nitrogens with one attached hydrogen (secondary N) is 1. The molecule has 1 heterocycles. The number of hydrogen-bond acceptors (Lipinski definition) is 3. The summed E-state index contributed by atoms with van der Waals surface area (Å²) >= 11 is 0. The fourth-order valence-electron chi connectivity index (χ4n) is 1.18. The van der Waals surface area contributed by atoms with Gasteiger partial charge in [-0.15, -0.1) is 24.0 Å². The molecule has 0 aliphatic rings. The predicted octanol–water partition coefficient (Wildman–Crippen LogP) is 2.11. The van der Waals surface area contributed by atoms with Gasteiger partial charge in [-0.3, -0.25) is 0 Å². The molecule has 1 aromatic rings. The molecule has 98 valence electrons. The van der Waals surface area contributed by atoms with E-state index in [1.54, 1.807) is 0 Å². The summed E-state index contributed by atoms with van der Waals surface area (Å²) in [5.74, 6) is 1.82. The van der Waals surface area contributed by atoms with E-state index in [1.807, 2.05) is 34.6 Å². The number of nitrogens with two attached hydrogens (primary N) is 1. The number of aromatic nitrogens is 1. The van der Waals surface area contributed by atoms with Crippen molar-refractivity contribution in [3.05, 3.63) is 17.3 Å². The summed E-state index contributed by atoms with van der Waals surface area (Å²) in [6, 6.07) is 0. The average molecular weight is 352 g/mol. The molecule has 1 rings (SSSR count). The largest absolute Gasteiger partial charge is 0.444 e. The van der Waals surface area contributed by atoms with Crippen molar-refractivity contribution in [1.29, 1.82) is 0 Å². The second-order valence-electron chi connectivity index (χ2n) is 4.83. The van der Waals surface area contributed by atoms with Gasteiger partial charge in [0.05, 0.1) is 5.69 Å². The zero-order valence-corrected chi connectivity index (χ0v) is 13.3. The van der Waals surface area contributed by atoms with E-state index in [-0.39, 0.29) is 29.5 Å². The Hall–Kier alpha value is -0.790. The third-order valence-corrected chi connectivity index (χ3v) is 1.96. The van der Waals surface area contributed by atoms with Crippen LogP contribution in [0.2, 0.25) is 0 Å². The van der Waals surface area contributed by atoms with Crippen LogP contribution in [0, 0.1) is 13.8 Å². The van der Waals surface area contributed by atoms with Crippen LogP contribution in [-0.4, -0.2) is 16.5 Å². The van der Waals surface area contributed by atoms with E-state index in [0.29, 0.717) is 18.4 Å². The van der Waals surface area contributed by atoms with Crippen LogP contribution >= 0.6 is 24.0 Å². The van der Waals surface area contributed by atoms with Crippen molar-refractivity contribution >= 4 is 29.9 Å². The molecule has 1 aromatic heterocycles. The van der Waals surface area contributed by atoms with E-state index in [0.717, 1.165) is 11.5 Å². The van der Waals surface area contributed by atoms with Gasteiger partial charge in [0.2, 0.25) is 5.89 Å². The normalized spacial score (nSPS) is 12.2. The fraction of sp³-hybridized carbons (Fsp3) is 0.636. The van der Waals surface area contributed by atoms with Crippen molar-refractivity contribution in [2.24, 2.45) is 10.7 Å². The van der Waals surface area contributed by atoms with Crippen LogP contribution in [0.5, 0.6) is 0 Å². The number of aryl methyl sites for hydroxylation is 2. The smallest absolute Gasteiger partial charge is 0.216 e. The van der Waals surface area contributed by atoms with Crippen LogP contribution in [0.1, 0.15) is 38.1 Å². The number of aliphatic imine (C=N–C) groups is 1. The number of rotatable bonds is 2. The van der Waals surface area contributed by atoms with Gasteiger partial charge in [-0.05, 0) is 34.6 Å². The molecule has 0 saturated heterocycles. The standard InChI is InChI=1S/C11H20N4O.HI/c1-7-8(2)16-9(14-7)6-13-10(12)15-11(3,4)5;/h6H2,1-5H3,(H3,12,13,15);1H. The van der Waals surface area contributed by atoms with Gasteiger partial charge < -0.3 is 15.5 Å². The van der Waals surface area contributed by atoms with E-state index >= 15 is 0 Å². The highest BCUT2D eigenvalue weighted by Crippen LogP contribution is 2.08. The molecule has 0 unspecified atom stereocenters. The minimum atomic E-state index is -0.0873. The molecule has 0 amide bonds. The first kappa shape index (κ1) is 16.2. The number of oxazole rings is 1. The Kier molecular flexibility index (Phi) is 5.94. The molecular weight excluding hydrogens is 331 g/mol. The van der Waals surface area contributed by atoms with E-state index in [2.05, 4.69) is 15.3 Å². The molecule has 0 radical (unpaired) electrons. The molecule has 0 aromatic carbocycles. The maximum Gasteiger partial charge on any atom is 0.216 e. The van der Waals surface area contributed by atoms with Gasteiger partial charge in [0.15, 0.2) is 5.96 Å². The Morgan fingerprint density at radius 3 is 2.41 bits per heavy atom. The Bertz CT molecular complexity index is 373. The SMILES string of the molecule is Cc1nc(CN=C(N)NC(C)(C)C)oc1C.I. The molecule has 17 heavy (non-hydrogen) atoms. The second-order valence-corrected chi connectivity index (χ2v) is 4.83. The van der Waals surface area contributed by atoms with Crippen molar-refractivity contribution in [2.75, 3.05) is 0 Å². The van der Waals surface area contributed by atoms with Crippen LogP contribution in [0.15, 0.2) is 9.41 Å². The second kappa shape index (κ2) is 6.23. The number of guanidine groups is 1. The Labute approximate surface area is 119 Å². The molecule has 5 nitrogen and oxygen atoms in total. The van der Waals surface area contributed by atoms with Gasteiger partial charge in [0.25, 0.3) is 0 Å². The monoisotopic (exact) mass is 352 g/mol. The van der Waals surface area contributed by atoms with Gasteiger partial charge in [-0.1, -0.05) is 0 Å². The van der Waals surface area contributed by atoms with E-state index < -0.39 is 0 Å². The average Bonchev–Trinajstić information content (AvgIpc) is 2.40. The lowest BCUT2D eigenvalue weighted by molar-refractivity contribution is 0.470. The molecule has 0 saturated carbocycles. The Morgan fingerprint density at radius 1 is 1.41 bits per heavy atom. The first-order valence-corrected chi connectivity index (χ1v) is 5.29. The molecule has 0 spiro atoms. The molecular formula is C11H21IN4O. The summed E-state index contributed by atoms with van der Waals surface area (Å²) in [5.41, 5.74) is 6.53. The quantitative estimate of drug-likeness (QED) is 0.486. The molecule has 0 aliphatic carbocycles. The van der Waals surface area contributed by atoms with Gasteiger partial charge in [0.1, 0.15) is 12.3 Å². The van der Waals surface area contributed by atoms with Crippen LogP contribution in [-0.2, 0) is 6.54 Å². The van der Waals surface area contributed by atoms with Crippen molar-refractivity contribution in [2.45, 2.75) is 46.7 Å². The van der Waals surface area contributed by atoms with Gasteiger partial charge in [-0.2, -0.15) is 0 Å². The van der Waals surface area contributed by atoms with Crippen LogP contribution in [0.3, 0.4) is 0 Å². The Balaban J connectivity index is 0.00000256. The van der Waals surface area contributed by atoms with Crippen LogP contribution < -0.4 is 11.1 Å². The maximum atomic E-state index is 5.72. The predicted molar refractivity (Wildman–Crippen MR) is 79.6 cm³/mol. The van der Waals surface area contributed by atoms with Gasteiger partial charge in [0, 0.05) is 5.54 Å². The minimum Gasteiger partial charge on any atom is -0.444 e. The first-order chi connectivity index (χ1) is 7.28. The third kappa shape index (κ3) is 5.90. The third-order valence-electron chi connectivity index (χ3n) is 1.96. The van der Waals surface area contributed by atoms with E-state index in [4.69, 9.17) is 10.2 Å². The minimum absolute atomic E-state index is 0. The van der Waals surface area contributed by atoms with Crippen LogP contribution in [0.25, 0.3) is 0 Å². The summed E-state index contributed by atoms with van der Waals surface area (Å²) < 4.78 is 5.39. The highest BCUT2D eigenvalue weighted by Gasteiger charge is 2.10. The summed E-state index contributed by atoms with van der Waals surface area (Å²) in [6.07, 6.45) is 0. The van der Waals surface area contributed by atoms with E-state index in [1.165, 1.54) is 0 Å². The van der Waals surface area contributed by atoms with Crippen molar-refractivity contribution in [3.63, 3.8) is 0 Å². The van der Waals surface area contributed by atoms with Crippen molar-refractivity contribution in [1.82, 2.24) is 10.3 Å².